The molecule has 0 radical (unpaired) electrons. The highest BCUT2D eigenvalue weighted by Crippen LogP contribution is 2.29. The van der Waals surface area contributed by atoms with E-state index in [1.807, 2.05) is 0 Å². The second-order valence-electron chi connectivity index (χ2n) is 4.61. The summed E-state index contributed by atoms with van der Waals surface area (Å²) in [5, 5.41) is 3.39. The molecular weight excluding hydrogens is 360 g/mol. The topological polar surface area (TPSA) is 38.3 Å². The molecule has 2 rings (SSSR count). The average Bonchev–Trinajstić information content (AvgIpc) is 2.52. The molecule has 0 saturated carbocycles. The van der Waals surface area contributed by atoms with Gasteiger partial charge in [0.25, 0.3) is 0 Å². The Bertz CT molecular complexity index is 712. The van der Waals surface area contributed by atoms with Gasteiger partial charge in [-0.1, -0.05) is 35.3 Å². The number of nitrogens with one attached hydrogen (secondary N) is 1. The highest BCUT2D eigenvalue weighted by atomic mass is 35.5. The van der Waals surface area contributed by atoms with Crippen molar-refractivity contribution in [2.45, 2.75) is 5.75 Å². The van der Waals surface area contributed by atoms with Crippen LogP contribution in [0.5, 0.6) is 5.75 Å². The zero-order valence-electron chi connectivity index (χ0n) is 12.2. The molecule has 0 atom stereocenters. The van der Waals surface area contributed by atoms with Crippen LogP contribution in [0.25, 0.3) is 0 Å². The Morgan fingerprint density at radius 3 is 2.78 bits per heavy atom. The van der Waals surface area contributed by atoms with E-state index in [0.29, 0.717) is 21.5 Å². The second-order valence-corrected chi connectivity index (χ2v) is 6.38. The molecule has 0 aliphatic rings. The maximum Gasteiger partial charge on any atom is 0.234 e. The van der Waals surface area contributed by atoms with E-state index in [0.717, 1.165) is 5.56 Å². The van der Waals surface area contributed by atoms with E-state index in [2.05, 4.69) is 5.32 Å². The van der Waals surface area contributed by atoms with Gasteiger partial charge in [0, 0.05) is 5.75 Å². The van der Waals surface area contributed by atoms with Crippen molar-refractivity contribution in [1.29, 1.82) is 0 Å². The third-order valence-electron chi connectivity index (χ3n) is 2.94. The van der Waals surface area contributed by atoms with Crippen LogP contribution in [0.15, 0.2) is 36.4 Å². The van der Waals surface area contributed by atoms with Gasteiger partial charge in [0.1, 0.15) is 0 Å². The van der Waals surface area contributed by atoms with Crippen LogP contribution in [0.2, 0.25) is 10.0 Å². The molecule has 0 saturated heterocycles. The van der Waals surface area contributed by atoms with E-state index in [1.165, 1.54) is 24.9 Å². The van der Waals surface area contributed by atoms with Crippen molar-refractivity contribution in [2.75, 3.05) is 18.2 Å². The van der Waals surface area contributed by atoms with Gasteiger partial charge in [-0.25, -0.2) is 4.39 Å². The standard InChI is InChI=1S/C16H14Cl2FNO2S/c1-22-14-6-5-10(7-12(14)19)8-23-9-15(21)20-13-4-2-3-11(17)16(13)18/h2-7H,8-9H2,1H3,(H,20,21). The first kappa shape index (κ1) is 17.9. The fourth-order valence-electron chi connectivity index (χ4n) is 1.85. The van der Waals surface area contributed by atoms with Gasteiger partial charge in [0.05, 0.1) is 28.6 Å². The normalized spacial score (nSPS) is 10.4. The maximum atomic E-state index is 13.6. The predicted octanol–water partition coefficient (Wildman–Crippen LogP) is 5.01. The van der Waals surface area contributed by atoms with Crippen LogP contribution < -0.4 is 10.1 Å². The summed E-state index contributed by atoms with van der Waals surface area (Å²) in [6.45, 7) is 0. The SMILES string of the molecule is COc1ccc(CSCC(=O)Nc2cccc(Cl)c2Cl)cc1F. The minimum atomic E-state index is -0.416. The maximum absolute atomic E-state index is 13.6. The summed E-state index contributed by atoms with van der Waals surface area (Å²) in [6.07, 6.45) is 0. The Kier molecular flexibility index (Phi) is 6.57. The first-order valence-corrected chi connectivity index (χ1v) is 8.56. The van der Waals surface area contributed by atoms with E-state index in [4.69, 9.17) is 27.9 Å². The van der Waals surface area contributed by atoms with E-state index >= 15 is 0 Å². The molecule has 122 valence electrons. The fourth-order valence-corrected chi connectivity index (χ4v) is 2.97. The number of carbonyl (C=O) groups is 1. The molecule has 0 spiro atoms. The van der Waals surface area contributed by atoms with Crippen LogP contribution in [-0.2, 0) is 10.5 Å². The largest absolute Gasteiger partial charge is 0.494 e. The molecule has 0 aromatic heterocycles. The smallest absolute Gasteiger partial charge is 0.234 e. The summed E-state index contributed by atoms with van der Waals surface area (Å²) in [5.41, 5.74) is 1.25. The zero-order chi connectivity index (χ0) is 16.8. The van der Waals surface area contributed by atoms with Gasteiger partial charge in [0.15, 0.2) is 11.6 Å². The first-order valence-electron chi connectivity index (χ1n) is 6.65. The predicted molar refractivity (Wildman–Crippen MR) is 94.2 cm³/mol. The quantitative estimate of drug-likeness (QED) is 0.772. The van der Waals surface area contributed by atoms with Gasteiger partial charge in [-0.05, 0) is 29.8 Å². The van der Waals surface area contributed by atoms with Crippen molar-refractivity contribution < 1.29 is 13.9 Å². The third-order valence-corrected chi connectivity index (χ3v) is 4.77. The van der Waals surface area contributed by atoms with Gasteiger partial charge in [-0.2, -0.15) is 0 Å². The molecular formula is C16H14Cl2FNO2S. The van der Waals surface area contributed by atoms with E-state index in [-0.39, 0.29) is 17.4 Å². The molecule has 0 heterocycles. The number of hydrogen-bond donors (Lipinski definition) is 1. The van der Waals surface area contributed by atoms with Gasteiger partial charge >= 0.3 is 0 Å². The van der Waals surface area contributed by atoms with Crippen LogP contribution in [0.4, 0.5) is 10.1 Å². The molecule has 0 fully saturated rings. The zero-order valence-corrected chi connectivity index (χ0v) is 14.6. The first-order chi connectivity index (χ1) is 11.0. The molecule has 0 aliphatic carbocycles. The average molecular weight is 374 g/mol. The van der Waals surface area contributed by atoms with Crippen molar-refractivity contribution >= 4 is 46.6 Å². The van der Waals surface area contributed by atoms with Gasteiger partial charge < -0.3 is 10.1 Å². The summed E-state index contributed by atoms with van der Waals surface area (Å²) in [7, 11) is 1.41. The molecule has 1 amide bonds. The van der Waals surface area contributed by atoms with E-state index in [9.17, 15) is 9.18 Å². The van der Waals surface area contributed by atoms with E-state index in [1.54, 1.807) is 30.3 Å². The minimum Gasteiger partial charge on any atom is -0.494 e. The van der Waals surface area contributed by atoms with Crippen molar-refractivity contribution in [3.05, 3.63) is 57.8 Å². The lowest BCUT2D eigenvalue weighted by molar-refractivity contribution is -0.113. The van der Waals surface area contributed by atoms with Crippen LogP contribution in [0, 0.1) is 5.82 Å². The number of benzene rings is 2. The van der Waals surface area contributed by atoms with Gasteiger partial charge in [0.2, 0.25) is 5.91 Å². The molecule has 3 nitrogen and oxygen atoms in total. The molecule has 0 bridgehead atoms. The Hall–Kier alpha value is -1.43. The fraction of sp³-hybridized carbons (Fsp3) is 0.188. The number of rotatable bonds is 6. The molecule has 0 aliphatic heterocycles. The van der Waals surface area contributed by atoms with Gasteiger partial charge in [-0.3, -0.25) is 4.79 Å². The number of methoxy groups -OCH3 is 1. The number of anilines is 1. The monoisotopic (exact) mass is 373 g/mol. The van der Waals surface area contributed by atoms with Crippen LogP contribution in [-0.4, -0.2) is 18.8 Å². The van der Waals surface area contributed by atoms with Crippen molar-refractivity contribution in [3.8, 4) is 5.75 Å². The molecule has 23 heavy (non-hydrogen) atoms. The summed E-state index contributed by atoms with van der Waals surface area (Å²) >= 11 is 13.3. The van der Waals surface area contributed by atoms with Crippen molar-refractivity contribution in [1.82, 2.24) is 0 Å². The lowest BCUT2D eigenvalue weighted by atomic mass is 10.2. The Labute approximate surface area is 148 Å². The molecule has 2 aromatic carbocycles. The number of hydrogen-bond acceptors (Lipinski definition) is 3. The number of ether oxygens (including phenoxy) is 1. The molecule has 2 aromatic rings. The summed E-state index contributed by atoms with van der Waals surface area (Å²) < 4.78 is 18.4. The summed E-state index contributed by atoms with van der Waals surface area (Å²) in [6, 6.07) is 9.76. The summed E-state index contributed by atoms with van der Waals surface area (Å²) in [5.74, 6) is 0.315. The van der Waals surface area contributed by atoms with Crippen LogP contribution in [0.3, 0.4) is 0 Å². The molecule has 7 heteroatoms. The van der Waals surface area contributed by atoms with Gasteiger partial charge in [-0.15, -0.1) is 11.8 Å². The van der Waals surface area contributed by atoms with Crippen molar-refractivity contribution in [3.63, 3.8) is 0 Å². The minimum absolute atomic E-state index is 0.201. The molecule has 0 unspecified atom stereocenters. The second kappa shape index (κ2) is 8.43. The summed E-state index contributed by atoms with van der Waals surface area (Å²) in [4.78, 5) is 11.9. The number of carbonyl (C=O) groups excluding carboxylic acids is 1. The highest BCUT2D eigenvalue weighted by molar-refractivity contribution is 7.99. The Balaban J connectivity index is 1.85. The Morgan fingerprint density at radius 1 is 1.30 bits per heavy atom. The van der Waals surface area contributed by atoms with Crippen LogP contribution >= 0.6 is 35.0 Å². The Morgan fingerprint density at radius 2 is 2.09 bits per heavy atom. The number of amides is 1. The van der Waals surface area contributed by atoms with Crippen LogP contribution in [0.1, 0.15) is 5.56 Å². The van der Waals surface area contributed by atoms with E-state index < -0.39 is 5.82 Å². The molecule has 1 N–H and O–H groups in total. The van der Waals surface area contributed by atoms with Crippen molar-refractivity contribution in [2.24, 2.45) is 0 Å². The lowest BCUT2D eigenvalue weighted by Crippen LogP contribution is -2.14. The lowest BCUT2D eigenvalue weighted by Gasteiger charge is -2.08. The highest BCUT2D eigenvalue weighted by Gasteiger charge is 2.09. The number of thioether (sulfide) groups is 1. The third kappa shape index (κ3) is 5.03. The number of halogens is 3.